The number of likely N-dealkylation sites (tertiary alicyclic amines) is 1. The Morgan fingerprint density at radius 2 is 2.05 bits per heavy atom. The van der Waals surface area contributed by atoms with E-state index in [1.807, 2.05) is 13.8 Å². The molecule has 21 heavy (non-hydrogen) atoms. The molecule has 0 aliphatic carbocycles. The third-order valence-electron chi connectivity index (χ3n) is 3.47. The van der Waals surface area contributed by atoms with Crippen molar-refractivity contribution in [2.45, 2.75) is 45.8 Å². The van der Waals surface area contributed by atoms with Crippen LogP contribution in [0.3, 0.4) is 0 Å². The van der Waals surface area contributed by atoms with E-state index >= 15 is 0 Å². The average Bonchev–Trinajstić information content (AvgIpc) is 2.46. The number of rotatable bonds is 6. The summed E-state index contributed by atoms with van der Waals surface area (Å²) in [7, 11) is 1.79. The summed E-state index contributed by atoms with van der Waals surface area (Å²) in [6, 6.07) is 0.729. The molecular weight excluding hydrogens is 268 g/mol. The number of nitrogens with zero attached hydrogens (tertiary/aromatic N) is 4. The zero-order valence-electron chi connectivity index (χ0n) is 13.4. The SMILES string of the molecule is CCN1CCCC(Nc2nc(NC)nc(OC(C)C)n2)C1. The summed E-state index contributed by atoms with van der Waals surface area (Å²) in [5, 5.41) is 6.36. The van der Waals surface area contributed by atoms with Crippen LogP contribution >= 0.6 is 0 Å². The van der Waals surface area contributed by atoms with Gasteiger partial charge in [-0.2, -0.15) is 15.0 Å². The molecule has 0 saturated carbocycles. The molecule has 2 rings (SSSR count). The highest BCUT2D eigenvalue weighted by molar-refractivity contribution is 5.36. The van der Waals surface area contributed by atoms with Crippen molar-refractivity contribution in [1.82, 2.24) is 19.9 Å². The molecule has 0 radical (unpaired) electrons. The summed E-state index contributed by atoms with van der Waals surface area (Å²) in [6.45, 7) is 9.39. The Bertz CT molecular complexity index is 453. The number of hydrogen-bond donors (Lipinski definition) is 2. The second kappa shape index (κ2) is 7.40. The van der Waals surface area contributed by atoms with Gasteiger partial charge in [-0.1, -0.05) is 6.92 Å². The highest BCUT2D eigenvalue weighted by Crippen LogP contribution is 2.16. The fourth-order valence-corrected chi connectivity index (χ4v) is 2.44. The molecule has 1 aromatic rings. The van der Waals surface area contributed by atoms with Crippen LogP contribution in [-0.2, 0) is 0 Å². The molecule has 7 heteroatoms. The van der Waals surface area contributed by atoms with Crippen LogP contribution in [-0.4, -0.2) is 58.7 Å². The second-order valence-electron chi connectivity index (χ2n) is 5.56. The third-order valence-corrected chi connectivity index (χ3v) is 3.47. The van der Waals surface area contributed by atoms with Crippen LogP contribution in [0, 0.1) is 0 Å². The van der Waals surface area contributed by atoms with Crippen molar-refractivity contribution >= 4 is 11.9 Å². The van der Waals surface area contributed by atoms with Gasteiger partial charge in [0, 0.05) is 19.6 Å². The van der Waals surface area contributed by atoms with Crippen molar-refractivity contribution in [3.63, 3.8) is 0 Å². The molecule has 1 atom stereocenters. The summed E-state index contributed by atoms with van der Waals surface area (Å²) in [6.07, 6.45) is 2.37. The van der Waals surface area contributed by atoms with Gasteiger partial charge >= 0.3 is 6.01 Å². The molecule has 1 fully saturated rings. The van der Waals surface area contributed by atoms with Crippen molar-refractivity contribution < 1.29 is 4.74 Å². The maximum absolute atomic E-state index is 5.58. The fourth-order valence-electron chi connectivity index (χ4n) is 2.44. The van der Waals surface area contributed by atoms with Crippen LogP contribution < -0.4 is 15.4 Å². The van der Waals surface area contributed by atoms with Crippen molar-refractivity contribution in [2.75, 3.05) is 37.3 Å². The van der Waals surface area contributed by atoms with Crippen LogP contribution in [0.15, 0.2) is 0 Å². The smallest absolute Gasteiger partial charge is 0.323 e. The van der Waals surface area contributed by atoms with E-state index in [0.29, 0.717) is 23.9 Å². The Balaban J connectivity index is 2.07. The number of ether oxygens (including phenoxy) is 1. The van der Waals surface area contributed by atoms with Gasteiger partial charge in [-0.05, 0) is 39.8 Å². The molecule has 1 unspecified atom stereocenters. The zero-order chi connectivity index (χ0) is 15.2. The summed E-state index contributed by atoms with van der Waals surface area (Å²) < 4.78 is 5.58. The van der Waals surface area contributed by atoms with Gasteiger partial charge in [0.25, 0.3) is 0 Å². The van der Waals surface area contributed by atoms with E-state index in [9.17, 15) is 0 Å². The number of likely N-dealkylation sites (N-methyl/N-ethyl adjacent to an activating group) is 1. The fraction of sp³-hybridized carbons (Fsp3) is 0.786. The topological polar surface area (TPSA) is 75.2 Å². The minimum absolute atomic E-state index is 0.0372. The number of hydrogen-bond acceptors (Lipinski definition) is 7. The summed E-state index contributed by atoms with van der Waals surface area (Å²) in [5.74, 6) is 1.10. The van der Waals surface area contributed by atoms with Crippen molar-refractivity contribution in [1.29, 1.82) is 0 Å². The number of nitrogens with one attached hydrogen (secondary N) is 2. The van der Waals surface area contributed by atoms with Gasteiger partial charge in [0.05, 0.1) is 6.10 Å². The van der Waals surface area contributed by atoms with E-state index in [0.717, 1.165) is 19.5 Å². The summed E-state index contributed by atoms with van der Waals surface area (Å²) >= 11 is 0. The molecule has 1 saturated heterocycles. The van der Waals surface area contributed by atoms with Crippen molar-refractivity contribution in [2.24, 2.45) is 0 Å². The van der Waals surface area contributed by atoms with Gasteiger partial charge in [0.1, 0.15) is 0 Å². The largest absolute Gasteiger partial charge is 0.461 e. The van der Waals surface area contributed by atoms with Crippen LogP contribution in [0.4, 0.5) is 11.9 Å². The highest BCUT2D eigenvalue weighted by atomic mass is 16.5. The van der Waals surface area contributed by atoms with Gasteiger partial charge in [0.2, 0.25) is 11.9 Å². The van der Waals surface area contributed by atoms with Crippen molar-refractivity contribution in [3.8, 4) is 6.01 Å². The first-order valence-electron chi connectivity index (χ1n) is 7.70. The minimum Gasteiger partial charge on any atom is -0.461 e. The Labute approximate surface area is 126 Å². The van der Waals surface area contributed by atoms with Gasteiger partial charge in [0.15, 0.2) is 0 Å². The van der Waals surface area contributed by atoms with E-state index in [1.165, 1.54) is 13.0 Å². The van der Waals surface area contributed by atoms with Gasteiger partial charge in [-0.3, -0.25) is 0 Å². The molecule has 0 aromatic carbocycles. The van der Waals surface area contributed by atoms with Crippen LogP contribution in [0.1, 0.15) is 33.6 Å². The third kappa shape index (κ3) is 4.70. The van der Waals surface area contributed by atoms with Gasteiger partial charge in [-0.25, -0.2) is 0 Å². The number of anilines is 2. The first-order chi connectivity index (χ1) is 10.1. The molecule has 0 spiro atoms. The van der Waals surface area contributed by atoms with E-state index < -0.39 is 0 Å². The van der Waals surface area contributed by atoms with Gasteiger partial charge < -0.3 is 20.3 Å². The molecule has 1 aliphatic rings. The Morgan fingerprint density at radius 3 is 2.71 bits per heavy atom. The average molecular weight is 294 g/mol. The maximum Gasteiger partial charge on any atom is 0.323 e. The van der Waals surface area contributed by atoms with E-state index in [4.69, 9.17) is 4.74 Å². The Hall–Kier alpha value is -1.63. The molecule has 2 heterocycles. The molecule has 0 bridgehead atoms. The lowest BCUT2D eigenvalue weighted by Gasteiger charge is -2.32. The number of piperidine rings is 1. The predicted octanol–water partition coefficient (Wildman–Crippen LogP) is 1.60. The molecular formula is C14H26N6O. The first-order valence-corrected chi connectivity index (χ1v) is 7.70. The monoisotopic (exact) mass is 294 g/mol. The molecule has 2 N–H and O–H groups in total. The normalized spacial score (nSPS) is 19.6. The highest BCUT2D eigenvalue weighted by Gasteiger charge is 2.20. The zero-order valence-corrected chi connectivity index (χ0v) is 13.4. The van der Waals surface area contributed by atoms with Crippen LogP contribution in [0.5, 0.6) is 6.01 Å². The van der Waals surface area contributed by atoms with E-state index in [2.05, 4.69) is 37.4 Å². The van der Waals surface area contributed by atoms with Crippen LogP contribution in [0.25, 0.3) is 0 Å². The van der Waals surface area contributed by atoms with Crippen molar-refractivity contribution in [3.05, 3.63) is 0 Å². The first kappa shape index (κ1) is 15.8. The molecule has 1 aliphatic heterocycles. The summed E-state index contributed by atoms with van der Waals surface area (Å²) in [5.41, 5.74) is 0. The van der Waals surface area contributed by atoms with E-state index in [-0.39, 0.29) is 6.10 Å². The minimum atomic E-state index is 0.0372. The lowest BCUT2D eigenvalue weighted by molar-refractivity contribution is 0.220. The quantitative estimate of drug-likeness (QED) is 0.825. The molecule has 0 amide bonds. The number of aromatic nitrogens is 3. The Kier molecular flexibility index (Phi) is 5.55. The molecule has 1 aromatic heterocycles. The van der Waals surface area contributed by atoms with Gasteiger partial charge in [-0.15, -0.1) is 0 Å². The maximum atomic E-state index is 5.58. The lowest BCUT2D eigenvalue weighted by atomic mass is 10.1. The molecule has 118 valence electrons. The Morgan fingerprint density at radius 1 is 1.29 bits per heavy atom. The summed E-state index contributed by atoms with van der Waals surface area (Å²) in [4.78, 5) is 15.4. The standard InChI is InChI=1S/C14H26N6O/c1-5-20-8-6-7-11(9-20)16-13-17-12(15-4)18-14(19-13)21-10(2)3/h10-11H,5-9H2,1-4H3,(H2,15,16,17,18,19). The van der Waals surface area contributed by atoms with E-state index in [1.54, 1.807) is 7.05 Å². The lowest BCUT2D eigenvalue weighted by Crippen LogP contribution is -2.42. The predicted molar refractivity (Wildman–Crippen MR) is 83.9 cm³/mol. The molecule has 7 nitrogen and oxygen atoms in total. The second-order valence-corrected chi connectivity index (χ2v) is 5.56. The van der Waals surface area contributed by atoms with Crippen LogP contribution in [0.2, 0.25) is 0 Å².